The number of nitrogens with zero attached hydrogens (tertiary/aromatic N) is 2. The number of hydrogen-bond donors (Lipinski definition) is 0. The number of anilines is 2. The van der Waals surface area contributed by atoms with Crippen molar-refractivity contribution in [2.75, 3.05) is 50.2 Å². The fourth-order valence-electron chi connectivity index (χ4n) is 2.95. The maximum absolute atomic E-state index is 13.9. The SMILES string of the molecule is COc1ccc(N2CCN(c3ccccc3OC)CC2)cc1F. The van der Waals surface area contributed by atoms with Crippen LogP contribution in [0, 0.1) is 5.82 Å². The first-order valence-corrected chi connectivity index (χ1v) is 7.69. The quantitative estimate of drug-likeness (QED) is 0.865. The van der Waals surface area contributed by atoms with Crippen molar-refractivity contribution in [2.45, 2.75) is 0 Å². The van der Waals surface area contributed by atoms with Crippen molar-refractivity contribution in [3.05, 3.63) is 48.3 Å². The van der Waals surface area contributed by atoms with Crippen molar-refractivity contribution >= 4 is 11.4 Å². The molecule has 0 radical (unpaired) electrons. The van der Waals surface area contributed by atoms with Crippen LogP contribution in [0.2, 0.25) is 0 Å². The zero-order valence-electron chi connectivity index (χ0n) is 13.5. The average Bonchev–Trinajstić information content (AvgIpc) is 2.61. The molecule has 5 heteroatoms. The molecule has 0 aliphatic carbocycles. The molecule has 0 aromatic heterocycles. The summed E-state index contributed by atoms with van der Waals surface area (Å²) in [7, 11) is 3.17. The van der Waals surface area contributed by atoms with Crippen molar-refractivity contribution < 1.29 is 13.9 Å². The van der Waals surface area contributed by atoms with E-state index in [-0.39, 0.29) is 11.6 Å². The number of piperazine rings is 1. The zero-order valence-corrected chi connectivity index (χ0v) is 13.5. The van der Waals surface area contributed by atoms with Crippen LogP contribution >= 0.6 is 0 Å². The van der Waals surface area contributed by atoms with Crippen molar-refractivity contribution in [1.29, 1.82) is 0 Å². The molecule has 2 aromatic rings. The van der Waals surface area contributed by atoms with E-state index >= 15 is 0 Å². The molecule has 122 valence electrons. The molecule has 1 heterocycles. The molecule has 2 aromatic carbocycles. The molecular formula is C18H21FN2O2. The Hall–Kier alpha value is -2.43. The topological polar surface area (TPSA) is 24.9 Å². The summed E-state index contributed by atoms with van der Waals surface area (Å²) in [6.07, 6.45) is 0. The highest BCUT2D eigenvalue weighted by Crippen LogP contribution is 2.30. The van der Waals surface area contributed by atoms with Gasteiger partial charge in [0.15, 0.2) is 11.6 Å². The highest BCUT2D eigenvalue weighted by molar-refractivity contribution is 5.60. The van der Waals surface area contributed by atoms with Gasteiger partial charge in [-0.05, 0) is 24.3 Å². The summed E-state index contributed by atoms with van der Waals surface area (Å²) >= 11 is 0. The molecule has 0 saturated carbocycles. The van der Waals surface area contributed by atoms with E-state index in [2.05, 4.69) is 15.9 Å². The molecule has 1 fully saturated rings. The van der Waals surface area contributed by atoms with Crippen LogP contribution in [0.25, 0.3) is 0 Å². The van der Waals surface area contributed by atoms with Gasteiger partial charge in [0, 0.05) is 37.9 Å². The Kier molecular flexibility index (Phi) is 4.55. The van der Waals surface area contributed by atoms with E-state index in [0.29, 0.717) is 0 Å². The molecule has 4 nitrogen and oxygen atoms in total. The second-order valence-corrected chi connectivity index (χ2v) is 5.46. The van der Waals surface area contributed by atoms with E-state index in [1.54, 1.807) is 13.2 Å². The number of halogens is 1. The summed E-state index contributed by atoms with van der Waals surface area (Å²) in [6.45, 7) is 3.41. The lowest BCUT2D eigenvalue weighted by Crippen LogP contribution is -2.46. The minimum atomic E-state index is -0.322. The van der Waals surface area contributed by atoms with Gasteiger partial charge in [-0.2, -0.15) is 0 Å². The first-order valence-electron chi connectivity index (χ1n) is 7.69. The van der Waals surface area contributed by atoms with Crippen molar-refractivity contribution in [1.82, 2.24) is 0 Å². The summed E-state index contributed by atoms with van der Waals surface area (Å²) in [6, 6.07) is 13.2. The van der Waals surface area contributed by atoms with Gasteiger partial charge < -0.3 is 19.3 Å². The highest BCUT2D eigenvalue weighted by atomic mass is 19.1. The number of rotatable bonds is 4. The molecule has 1 saturated heterocycles. The minimum absolute atomic E-state index is 0.279. The van der Waals surface area contributed by atoms with Gasteiger partial charge in [0.2, 0.25) is 0 Å². The van der Waals surface area contributed by atoms with E-state index < -0.39 is 0 Å². The third-order valence-corrected chi connectivity index (χ3v) is 4.21. The number of hydrogen-bond acceptors (Lipinski definition) is 4. The third kappa shape index (κ3) is 3.18. The number of methoxy groups -OCH3 is 2. The van der Waals surface area contributed by atoms with Crippen LogP contribution in [0.5, 0.6) is 11.5 Å². The Morgan fingerprint density at radius 3 is 2.13 bits per heavy atom. The smallest absolute Gasteiger partial charge is 0.167 e. The molecule has 3 rings (SSSR count). The Labute approximate surface area is 136 Å². The number of para-hydroxylation sites is 2. The van der Waals surface area contributed by atoms with Crippen LogP contribution in [-0.2, 0) is 0 Å². The van der Waals surface area contributed by atoms with Crippen LogP contribution in [-0.4, -0.2) is 40.4 Å². The van der Waals surface area contributed by atoms with Gasteiger partial charge in [-0.3, -0.25) is 0 Å². The van der Waals surface area contributed by atoms with Gasteiger partial charge in [0.05, 0.1) is 19.9 Å². The lowest BCUT2D eigenvalue weighted by atomic mass is 10.2. The maximum Gasteiger partial charge on any atom is 0.167 e. The monoisotopic (exact) mass is 316 g/mol. The molecule has 0 unspecified atom stereocenters. The van der Waals surface area contributed by atoms with Crippen molar-refractivity contribution in [3.8, 4) is 11.5 Å². The number of benzene rings is 2. The molecule has 23 heavy (non-hydrogen) atoms. The van der Waals surface area contributed by atoms with E-state index in [1.807, 2.05) is 24.3 Å². The maximum atomic E-state index is 13.9. The van der Waals surface area contributed by atoms with Crippen molar-refractivity contribution in [3.63, 3.8) is 0 Å². The molecule has 1 aliphatic rings. The van der Waals surface area contributed by atoms with Crippen molar-refractivity contribution in [2.24, 2.45) is 0 Å². The van der Waals surface area contributed by atoms with Gasteiger partial charge >= 0.3 is 0 Å². The predicted octanol–water partition coefficient (Wildman–Crippen LogP) is 3.17. The largest absolute Gasteiger partial charge is 0.495 e. The Morgan fingerprint density at radius 2 is 1.48 bits per heavy atom. The van der Waals surface area contributed by atoms with Crippen LogP contribution in [0.1, 0.15) is 0 Å². The molecule has 0 spiro atoms. The van der Waals surface area contributed by atoms with Crippen LogP contribution in [0.15, 0.2) is 42.5 Å². The first kappa shape index (κ1) is 15.5. The summed E-state index contributed by atoms with van der Waals surface area (Å²) in [5.41, 5.74) is 2.00. The predicted molar refractivity (Wildman–Crippen MR) is 90.4 cm³/mol. The van der Waals surface area contributed by atoms with Gasteiger partial charge in [-0.25, -0.2) is 4.39 Å². The summed E-state index contributed by atoms with van der Waals surface area (Å²) < 4.78 is 24.3. The van der Waals surface area contributed by atoms with Crippen LogP contribution in [0.3, 0.4) is 0 Å². The highest BCUT2D eigenvalue weighted by Gasteiger charge is 2.20. The van der Waals surface area contributed by atoms with Gasteiger partial charge in [-0.1, -0.05) is 12.1 Å². The Morgan fingerprint density at radius 1 is 0.826 bits per heavy atom. The Balaban J connectivity index is 1.70. The van der Waals surface area contributed by atoms with Crippen LogP contribution in [0.4, 0.5) is 15.8 Å². The molecule has 0 atom stereocenters. The summed E-state index contributed by atoms with van der Waals surface area (Å²) in [4.78, 5) is 4.49. The van der Waals surface area contributed by atoms with E-state index in [9.17, 15) is 4.39 Å². The zero-order chi connectivity index (χ0) is 16.2. The minimum Gasteiger partial charge on any atom is -0.495 e. The lowest BCUT2D eigenvalue weighted by Gasteiger charge is -2.37. The van der Waals surface area contributed by atoms with Gasteiger partial charge in [-0.15, -0.1) is 0 Å². The molecule has 0 amide bonds. The Bertz CT molecular complexity index is 670. The fourth-order valence-corrected chi connectivity index (χ4v) is 2.95. The first-order chi connectivity index (χ1) is 11.2. The molecule has 0 N–H and O–H groups in total. The normalized spacial score (nSPS) is 14.7. The average molecular weight is 316 g/mol. The van der Waals surface area contributed by atoms with Gasteiger partial charge in [0.25, 0.3) is 0 Å². The lowest BCUT2D eigenvalue weighted by molar-refractivity contribution is 0.386. The van der Waals surface area contributed by atoms with E-state index in [4.69, 9.17) is 9.47 Å². The number of ether oxygens (including phenoxy) is 2. The standard InChI is InChI=1S/C18H21FN2O2/c1-22-17-8-7-14(13-15(17)19)20-9-11-21(12-10-20)16-5-3-4-6-18(16)23-2/h3-8,13H,9-12H2,1-2H3. The van der Waals surface area contributed by atoms with Crippen LogP contribution < -0.4 is 19.3 Å². The fraction of sp³-hybridized carbons (Fsp3) is 0.333. The van der Waals surface area contributed by atoms with E-state index in [1.165, 1.54) is 13.2 Å². The summed E-state index contributed by atoms with van der Waals surface area (Å²) in [5.74, 6) is 0.843. The second kappa shape index (κ2) is 6.77. The summed E-state index contributed by atoms with van der Waals surface area (Å²) in [5, 5.41) is 0. The molecule has 1 aliphatic heterocycles. The second-order valence-electron chi connectivity index (χ2n) is 5.46. The van der Waals surface area contributed by atoms with Gasteiger partial charge in [0.1, 0.15) is 5.75 Å². The molecule has 0 bridgehead atoms. The molecular weight excluding hydrogens is 295 g/mol. The van der Waals surface area contributed by atoms with E-state index in [0.717, 1.165) is 43.3 Å². The third-order valence-electron chi connectivity index (χ3n) is 4.21.